The van der Waals surface area contributed by atoms with Crippen molar-refractivity contribution in [2.45, 2.75) is 19.1 Å². The molecule has 0 atom stereocenters. The van der Waals surface area contributed by atoms with Crippen LogP contribution in [0.2, 0.25) is 0 Å². The summed E-state index contributed by atoms with van der Waals surface area (Å²) in [5.74, 6) is -1.25. The Balaban J connectivity index is 2.40. The number of hydrogen-bond donors (Lipinski definition) is 0. The van der Waals surface area contributed by atoms with Crippen LogP contribution in [-0.2, 0) is 27.0 Å². The number of rotatable bonds is 5. The molecule has 2 aromatic heterocycles. The van der Waals surface area contributed by atoms with Gasteiger partial charge in [-0.15, -0.1) is 0 Å². The summed E-state index contributed by atoms with van der Waals surface area (Å²) < 4.78 is 48.7. The summed E-state index contributed by atoms with van der Waals surface area (Å²) in [5, 5.41) is 4.09. The van der Waals surface area contributed by atoms with Crippen LogP contribution >= 0.6 is 0 Å². The SMILES string of the molecule is COC(=O)CCn1nc(-c2ccnc(C(F)(F)F)c2)cc1C(=O)OC. The number of alkyl halides is 3. The third kappa shape index (κ3) is 4.34. The van der Waals surface area contributed by atoms with Gasteiger partial charge in [-0.25, -0.2) is 4.79 Å². The number of carbonyl (C=O) groups excluding carboxylic acids is 2. The molecule has 2 aromatic rings. The maximum atomic E-state index is 12.8. The average Bonchev–Trinajstić information content (AvgIpc) is 3.02. The topological polar surface area (TPSA) is 83.3 Å². The zero-order chi connectivity index (χ0) is 18.6. The predicted molar refractivity (Wildman–Crippen MR) is 78.4 cm³/mol. The lowest BCUT2D eigenvalue weighted by atomic mass is 10.1. The first kappa shape index (κ1) is 18.4. The van der Waals surface area contributed by atoms with Gasteiger partial charge in [0.25, 0.3) is 0 Å². The lowest BCUT2D eigenvalue weighted by Gasteiger charge is -2.06. The summed E-state index contributed by atoms with van der Waals surface area (Å²) in [5.41, 5.74) is -0.817. The highest BCUT2D eigenvalue weighted by atomic mass is 19.4. The number of halogens is 3. The molecule has 7 nitrogen and oxygen atoms in total. The Bertz CT molecular complexity index is 787. The second-order valence-corrected chi connectivity index (χ2v) is 4.88. The second-order valence-electron chi connectivity index (χ2n) is 4.88. The third-order valence-corrected chi connectivity index (χ3v) is 3.28. The van der Waals surface area contributed by atoms with Gasteiger partial charge in [-0.2, -0.15) is 18.3 Å². The largest absolute Gasteiger partial charge is 0.469 e. The van der Waals surface area contributed by atoms with E-state index in [4.69, 9.17) is 0 Å². The molecule has 0 aromatic carbocycles. The van der Waals surface area contributed by atoms with E-state index in [0.717, 1.165) is 19.4 Å². The first-order valence-electron chi connectivity index (χ1n) is 7.03. The van der Waals surface area contributed by atoms with Gasteiger partial charge in [-0.05, 0) is 18.2 Å². The Morgan fingerprint density at radius 3 is 2.52 bits per heavy atom. The van der Waals surface area contributed by atoms with E-state index in [9.17, 15) is 22.8 Å². The van der Waals surface area contributed by atoms with Crippen LogP contribution in [0.25, 0.3) is 11.3 Å². The summed E-state index contributed by atoms with van der Waals surface area (Å²) in [6.45, 7) is 0.00825. The van der Waals surface area contributed by atoms with Crippen molar-refractivity contribution in [3.8, 4) is 11.3 Å². The molecule has 0 fully saturated rings. The van der Waals surface area contributed by atoms with Crippen LogP contribution in [0.1, 0.15) is 22.6 Å². The maximum absolute atomic E-state index is 12.8. The van der Waals surface area contributed by atoms with Gasteiger partial charge in [-0.1, -0.05) is 0 Å². The summed E-state index contributed by atoms with van der Waals surface area (Å²) in [7, 11) is 2.38. The van der Waals surface area contributed by atoms with Crippen LogP contribution in [0.5, 0.6) is 0 Å². The lowest BCUT2D eigenvalue weighted by molar-refractivity contribution is -0.141. The Hall–Kier alpha value is -2.91. The molecule has 0 aliphatic heterocycles. The Morgan fingerprint density at radius 2 is 1.92 bits per heavy atom. The molecule has 0 saturated heterocycles. The van der Waals surface area contributed by atoms with Crippen LogP contribution in [0.3, 0.4) is 0 Å². The number of esters is 2. The van der Waals surface area contributed by atoms with Crippen molar-refractivity contribution in [3.05, 3.63) is 35.8 Å². The molecule has 2 heterocycles. The lowest BCUT2D eigenvalue weighted by Crippen LogP contribution is -2.14. The van der Waals surface area contributed by atoms with E-state index in [1.807, 2.05) is 0 Å². The highest BCUT2D eigenvalue weighted by Crippen LogP contribution is 2.30. The zero-order valence-electron chi connectivity index (χ0n) is 13.3. The normalized spacial score (nSPS) is 11.2. The second kappa shape index (κ2) is 7.32. The molecular formula is C15H14F3N3O4. The summed E-state index contributed by atoms with van der Waals surface area (Å²) in [4.78, 5) is 26.4. The van der Waals surface area contributed by atoms with Crippen LogP contribution in [0, 0.1) is 0 Å². The number of pyridine rings is 1. The summed E-state index contributed by atoms with van der Waals surface area (Å²) in [6, 6.07) is 3.45. The molecule has 0 aliphatic carbocycles. The number of aromatic nitrogens is 3. The van der Waals surface area contributed by atoms with Gasteiger partial charge >= 0.3 is 18.1 Å². The van der Waals surface area contributed by atoms with Gasteiger partial charge in [0.1, 0.15) is 11.4 Å². The highest BCUT2D eigenvalue weighted by molar-refractivity contribution is 5.89. The smallest absolute Gasteiger partial charge is 0.433 e. The first-order chi connectivity index (χ1) is 11.8. The van der Waals surface area contributed by atoms with Crippen LogP contribution in [0.15, 0.2) is 24.4 Å². The Morgan fingerprint density at radius 1 is 1.20 bits per heavy atom. The monoisotopic (exact) mass is 357 g/mol. The van der Waals surface area contributed by atoms with E-state index in [1.54, 1.807) is 0 Å². The molecule has 10 heteroatoms. The minimum absolute atomic E-state index is 0.00627. The van der Waals surface area contributed by atoms with Gasteiger partial charge in [0.2, 0.25) is 0 Å². The van der Waals surface area contributed by atoms with Crippen molar-refractivity contribution in [3.63, 3.8) is 0 Å². The molecule has 0 spiro atoms. The van der Waals surface area contributed by atoms with Crippen molar-refractivity contribution in [2.75, 3.05) is 14.2 Å². The Labute approximate surface area is 140 Å². The fourth-order valence-electron chi connectivity index (χ4n) is 2.04. The van der Waals surface area contributed by atoms with E-state index in [1.165, 1.54) is 23.9 Å². The van der Waals surface area contributed by atoms with E-state index in [2.05, 4.69) is 19.6 Å². The van der Waals surface area contributed by atoms with Crippen molar-refractivity contribution in [2.24, 2.45) is 0 Å². The van der Waals surface area contributed by atoms with E-state index >= 15 is 0 Å². The van der Waals surface area contributed by atoms with Crippen molar-refractivity contribution in [1.29, 1.82) is 0 Å². The molecule has 0 saturated carbocycles. The van der Waals surface area contributed by atoms with Crippen LogP contribution in [-0.4, -0.2) is 40.9 Å². The number of nitrogens with zero attached hydrogens (tertiary/aromatic N) is 3. The molecular weight excluding hydrogens is 343 g/mol. The van der Waals surface area contributed by atoms with E-state index in [-0.39, 0.29) is 29.9 Å². The van der Waals surface area contributed by atoms with Crippen LogP contribution < -0.4 is 0 Å². The van der Waals surface area contributed by atoms with Gasteiger partial charge < -0.3 is 9.47 Å². The minimum atomic E-state index is -4.60. The van der Waals surface area contributed by atoms with Crippen LogP contribution in [0.4, 0.5) is 13.2 Å². The molecule has 0 unspecified atom stereocenters. The highest BCUT2D eigenvalue weighted by Gasteiger charge is 2.32. The molecule has 0 bridgehead atoms. The fourth-order valence-corrected chi connectivity index (χ4v) is 2.04. The number of aryl methyl sites for hydroxylation is 1. The molecule has 134 valence electrons. The molecule has 2 rings (SSSR count). The van der Waals surface area contributed by atoms with Crippen molar-refractivity contribution >= 4 is 11.9 Å². The number of ether oxygens (including phenoxy) is 2. The van der Waals surface area contributed by atoms with Gasteiger partial charge in [0.05, 0.1) is 32.9 Å². The van der Waals surface area contributed by atoms with Gasteiger partial charge in [0.15, 0.2) is 0 Å². The van der Waals surface area contributed by atoms with Crippen molar-refractivity contribution in [1.82, 2.24) is 14.8 Å². The number of methoxy groups -OCH3 is 2. The maximum Gasteiger partial charge on any atom is 0.433 e. The quantitative estimate of drug-likeness (QED) is 0.764. The zero-order valence-corrected chi connectivity index (χ0v) is 13.3. The summed E-state index contributed by atoms with van der Waals surface area (Å²) >= 11 is 0. The molecule has 0 aliphatic rings. The molecule has 25 heavy (non-hydrogen) atoms. The molecule has 0 radical (unpaired) electrons. The predicted octanol–water partition coefficient (Wildman–Crippen LogP) is 2.31. The van der Waals surface area contributed by atoms with E-state index in [0.29, 0.717) is 0 Å². The van der Waals surface area contributed by atoms with E-state index < -0.39 is 23.8 Å². The molecule has 0 N–H and O–H groups in total. The van der Waals surface area contributed by atoms with Gasteiger partial charge in [-0.3, -0.25) is 14.5 Å². The van der Waals surface area contributed by atoms with Crippen molar-refractivity contribution < 1.29 is 32.2 Å². The minimum Gasteiger partial charge on any atom is -0.469 e. The summed E-state index contributed by atoms with van der Waals surface area (Å²) in [6.07, 6.45) is -3.66. The third-order valence-electron chi connectivity index (χ3n) is 3.28. The number of carbonyl (C=O) groups is 2. The average molecular weight is 357 g/mol. The first-order valence-corrected chi connectivity index (χ1v) is 7.03. The Kier molecular flexibility index (Phi) is 5.40. The standard InChI is InChI=1S/C15H14F3N3O4/c1-24-13(22)4-6-21-11(14(23)25-2)8-10(20-21)9-3-5-19-12(7-9)15(16,17)18/h3,5,7-8H,4,6H2,1-2H3. The molecule has 0 amide bonds. The fraction of sp³-hybridized carbons (Fsp3) is 0.333. The number of hydrogen-bond acceptors (Lipinski definition) is 6. The van der Waals surface area contributed by atoms with Gasteiger partial charge in [0, 0.05) is 11.8 Å².